The second kappa shape index (κ2) is 6.89. The lowest BCUT2D eigenvalue weighted by atomic mass is 9.90. The first-order valence-electron chi connectivity index (χ1n) is 4.82. The van der Waals surface area contributed by atoms with Crippen molar-refractivity contribution in [3.05, 3.63) is 0 Å². The number of rotatable bonds is 6. The molecule has 0 amide bonds. The maximum Gasteiger partial charge on any atom is 0.302 e. The fourth-order valence-corrected chi connectivity index (χ4v) is 1.33. The van der Waals surface area contributed by atoms with Crippen LogP contribution in [0.2, 0.25) is 0 Å². The van der Waals surface area contributed by atoms with Crippen molar-refractivity contribution in [1.29, 1.82) is 0 Å². The summed E-state index contributed by atoms with van der Waals surface area (Å²) in [7, 11) is 0. The SMILES string of the molecule is CC(=O)OCCC(CCO)C(C)C. The van der Waals surface area contributed by atoms with Crippen LogP contribution in [0, 0.1) is 11.8 Å². The van der Waals surface area contributed by atoms with Crippen molar-refractivity contribution in [2.75, 3.05) is 13.2 Å². The molecule has 0 saturated heterocycles. The fourth-order valence-electron chi connectivity index (χ4n) is 1.33. The Morgan fingerprint density at radius 3 is 2.38 bits per heavy atom. The summed E-state index contributed by atoms with van der Waals surface area (Å²) in [5, 5.41) is 8.79. The van der Waals surface area contributed by atoms with Crippen LogP contribution in [0.15, 0.2) is 0 Å². The molecule has 13 heavy (non-hydrogen) atoms. The van der Waals surface area contributed by atoms with Gasteiger partial charge in [0.2, 0.25) is 0 Å². The molecular weight excluding hydrogens is 168 g/mol. The van der Waals surface area contributed by atoms with Crippen LogP contribution in [-0.2, 0) is 9.53 Å². The topological polar surface area (TPSA) is 46.5 Å². The summed E-state index contributed by atoms with van der Waals surface area (Å²) in [6.45, 7) is 6.33. The Bertz CT molecular complexity index is 143. The van der Waals surface area contributed by atoms with Crippen molar-refractivity contribution in [3.63, 3.8) is 0 Å². The monoisotopic (exact) mass is 188 g/mol. The molecule has 0 radical (unpaired) electrons. The summed E-state index contributed by atoms with van der Waals surface area (Å²) in [5.74, 6) is 0.749. The van der Waals surface area contributed by atoms with Crippen molar-refractivity contribution in [2.45, 2.75) is 33.6 Å². The van der Waals surface area contributed by atoms with Gasteiger partial charge in [-0.05, 0) is 24.7 Å². The molecule has 0 aliphatic rings. The number of carbonyl (C=O) groups excluding carboxylic acids is 1. The van der Waals surface area contributed by atoms with Crippen LogP contribution in [0.3, 0.4) is 0 Å². The van der Waals surface area contributed by atoms with Gasteiger partial charge in [-0.3, -0.25) is 4.79 Å². The van der Waals surface area contributed by atoms with E-state index in [9.17, 15) is 4.79 Å². The molecule has 0 aromatic rings. The Balaban J connectivity index is 3.62. The van der Waals surface area contributed by atoms with E-state index in [0.717, 1.165) is 12.8 Å². The highest BCUT2D eigenvalue weighted by molar-refractivity contribution is 5.65. The third-order valence-corrected chi connectivity index (χ3v) is 2.24. The van der Waals surface area contributed by atoms with Gasteiger partial charge >= 0.3 is 5.97 Å². The maximum absolute atomic E-state index is 10.5. The molecule has 0 aromatic carbocycles. The highest BCUT2D eigenvalue weighted by Gasteiger charge is 2.12. The average molecular weight is 188 g/mol. The molecule has 0 saturated carbocycles. The highest BCUT2D eigenvalue weighted by atomic mass is 16.5. The van der Waals surface area contributed by atoms with E-state index in [4.69, 9.17) is 9.84 Å². The number of ether oxygens (including phenoxy) is 1. The zero-order valence-electron chi connectivity index (χ0n) is 8.75. The summed E-state index contributed by atoms with van der Waals surface area (Å²) >= 11 is 0. The quantitative estimate of drug-likeness (QED) is 0.644. The predicted molar refractivity (Wildman–Crippen MR) is 51.3 cm³/mol. The lowest BCUT2D eigenvalue weighted by molar-refractivity contribution is -0.141. The zero-order chi connectivity index (χ0) is 10.3. The minimum atomic E-state index is -0.230. The summed E-state index contributed by atoms with van der Waals surface area (Å²) in [6, 6.07) is 0. The first-order valence-corrected chi connectivity index (χ1v) is 4.82. The molecule has 1 atom stereocenters. The fraction of sp³-hybridized carbons (Fsp3) is 0.900. The van der Waals surface area contributed by atoms with Gasteiger partial charge in [-0.1, -0.05) is 13.8 Å². The van der Waals surface area contributed by atoms with Gasteiger partial charge in [0.15, 0.2) is 0 Å². The molecular formula is C10H20O3. The number of hydrogen-bond acceptors (Lipinski definition) is 3. The van der Waals surface area contributed by atoms with E-state index in [0.29, 0.717) is 18.4 Å². The summed E-state index contributed by atoms with van der Waals surface area (Å²) in [4.78, 5) is 10.5. The van der Waals surface area contributed by atoms with Crippen LogP contribution in [0.4, 0.5) is 0 Å². The van der Waals surface area contributed by atoms with Crippen molar-refractivity contribution < 1.29 is 14.6 Å². The van der Waals surface area contributed by atoms with Crippen LogP contribution in [0.25, 0.3) is 0 Å². The molecule has 3 nitrogen and oxygen atoms in total. The molecule has 0 rings (SSSR count). The van der Waals surface area contributed by atoms with E-state index < -0.39 is 0 Å². The molecule has 0 bridgehead atoms. The minimum absolute atomic E-state index is 0.211. The average Bonchev–Trinajstić information content (AvgIpc) is 2.02. The van der Waals surface area contributed by atoms with Crippen LogP contribution in [0.1, 0.15) is 33.6 Å². The molecule has 1 N–H and O–H groups in total. The van der Waals surface area contributed by atoms with Gasteiger partial charge in [0.25, 0.3) is 0 Å². The van der Waals surface area contributed by atoms with E-state index in [1.165, 1.54) is 6.92 Å². The van der Waals surface area contributed by atoms with E-state index in [1.54, 1.807) is 0 Å². The van der Waals surface area contributed by atoms with Gasteiger partial charge in [-0.25, -0.2) is 0 Å². The van der Waals surface area contributed by atoms with Crippen molar-refractivity contribution in [3.8, 4) is 0 Å². The summed E-state index contributed by atoms with van der Waals surface area (Å²) < 4.78 is 4.85. The summed E-state index contributed by atoms with van der Waals surface area (Å²) in [5.41, 5.74) is 0. The molecule has 0 aliphatic heterocycles. The van der Waals surface area contributed by atoms with Crippen molar-refractivity contribution in [2.24, 2.45) is 11.8 Å². The molecule has 0 spiro atoms. The number of carbonyl (C=O) groups is 1. The van der Waals surface area contributed by atoms with Crippen molar-refractivity contribution >= 4 is 5.97 Å². The Morgan fingerprint density at radius 1 is 1.38 bits per heavy atom. The van der Waals surface area contributed by atoms with E-state index in [-0.39, 0.29) is 12.6 Å². The second-order valence-corrected chi connectivity index (χ2v) is 3.65. The number of aliphatic hydroxyl groups excluding tert-OH is 1. The van der Waals surface area contributed by atoms with Crippen LogP contribution < -0.4 is 0 Å². The molecule has 0 fully saturated rings. The second-order valence-electron chi connectivity index (χ2n) is 3.65. The smallest absolute Gasteiger partial charge is 0.302 e. The lowest BCUT2D eigenvalue weighted by Crippen LogP contribution is -2.14. The first-order chi connectivity index (χ1) is 6.07. The number of hydrogen-bond donors (Lipinski definition) is 1. The van der Waals surface area contributed by atoms with E-state index in [1.807, 2.05) is 0 Å². The largest absolute Gasteiger partial charge is 0.466 e. The Morgan fingerprint density at radius 2 is 2.00 bits per heavy atom. The lowest BCUT2D eigenvalue weighted by Gasteiger charge is -2.19. The van der Waals surface area contributed by atoms with Crippen LogP contribution in [0.5, 0.6) is 0 Å². The first kappa shape index (κ1) is 12.4. The third-order valence-electron chi connectivity index (χ3n) is 2.24. The molecule has 3 heteroatoms. The Labute approximate surface area is 80.1 Å². The highest BCUT2D eigenvalue weighted by Crippen LogP contribution is 2.18. The minimum Gasteiger partial charge on any atom is -0.466 e. The molecule has 1 unspecified atom stereocenters. The zero-order valence-corrected chi connectivity index (χ0v) is 8.75. The van der Waals surface area contributed by atoms with Gasteiger partial charge in [-0.2, -0.15) is 0 Å². The molecule has 0 aliphatic carbocycles. The molecule has 0 aromatic heterocycles. The van der Waals surface area contributed by atoms with Gasteiger partial charge in [0.1, 0.15) is 0 Å². The maximum atomic E-state index is 10.5. The van der Waals surface area contributed by atoms with Crippen molar-refractivity contribution in [1.82, 2.24) is 0 Å². The van der Waals surface area contributed by atoms with E-state index >= 15 is 0 Å². The van der Waals surface area contributed by atoms with Crippen LogP contribution >= 0.6 is 0 Å². The van der Waals surface area contributed by atoms with E-state index in [2.05, 4.69) is 13.8 Å². The predicted octanol–water partition coefficient (Wildman–Crippen LogP) is 1.59. The van der Waals surface area contributed by atoms with Gasteiger partial charge in [0.05, 0.1) is 6.61 Å². The third kappa shape index (κ3) is 6.58. The number of aliphatic hydroxyl groups is 1. The molecule has 0 heterocycles. The van der Waals surface area contributed by atoms with Gasteiger partial charge in [-0.15, -0.1) is 0 Å². The van der Waals surface area contributed by atoms with Gasteiger partial charge in [0, 0.05) is 13.5 Å². The molecule has 78 valence electrons. The van der Waals surface area contributed by atoms with Crippen LogP contribution in [-0.4, -0.2) is 24.3 Å². The Kier molecular flexibility index (Phi) is 6.59. The van der Waals surface area contributed by atoms with Gasteiger partial charge < -0.3 is 9.84 Å². The normalized spacial score (nSPS) is 13.0. The number of esters is 1. The Hall–Kier alpha value is -0.570. The standard InChI is InChI=1S/C10H20O3/c1-8(2)10(4-6-11)5-7-13-9(3)12/h8,10-11H,4-7H2,1-3H3. The summed E-state index contributed by atoms with van der Waals surface area (Å²) in [6.07, 6.45) is 1.64.